The molecule has 0 aromatic heterocycles. The molecule has 4 rings (SSSR count). The van der Waals surface area contributed by atoms with Crippen molar-refractivity contribution < 1.29 is 14.3 Å². The highest BCUT2D eigenvalue weighted by atomic mass is 35.5. The van der Waals surface area contributed by atoms with Gasteiger partial charge in [-0.2, -0.15) is 10.2 Å². The highest BCUT2D eigenvalue weighted by Crippen LogP contribution is 2.35. The molecule has 0 spiro atoms. The summed E-state index contributed by atoms with van der Waals surface area (Å²) in [5.41, 5.74) is 5.73. The second-order valence-electron chi connectivity index (χ2n) is 9.97. The van der Waals surface area contributed by atoms with Gasteiger partial charge in [0.15, 0.2) is 6.73 Å². The van der Waals surface area contributed by atoms with Crippen molar-refractivity contribution in [2.75, 3.05) is 13.8 Å². The molecule has 0 saturated carbocycles. The van der Waals surface area contributed by atoms with E-state index >= 15 is 0 Å². The molecule has 41 heavy (non-hydrogen) atoms. The molecule has 0 aliphatic carbocycles. The zero-order chi connectivity index (χ0) is 29.4. The van der Waals surface area contributed by atoms with Gasteiger partial charge in [0.1, 0.15) is 25.4 Å². The van der Waals surface area contributed by atoms with Gasteiger partial charge in [0, 0.05) is 16.7 Å². The molecule has 3 aromatic rings. The topological polar surface area (TPSA) is 84.6 Å². The van der Waals surface area contributed by atoms with Gasteiger partial charge in [-0.05, 0) is 79.8 Å². The van der Waals surface area contributed by atoms with Crippen molar-refractivity contribution in [1.82, 2.24) is 5.32 Å². The van der Waals surface area contributed by atoms with E-state index < -0.39 is 6.04 Å². The summed E-state index contributed by atoms with van der Waals surface area (Å²) in [6.45, 7) is 5.99. The average molecular weight is 569 g/mol. The summed E-state index contributed by atoms with van der Waals surface area (Å²) < 4.78 is 11.3. The zero-order valence-corrected chi connectivity index (χ0v) is 24.6. The van der Waals surface area contributed by atoms with E-state index in [4.69, 9.17) is 33.9 Å². The van der Waals surface area contributed by atoms with E-state index in [9.17, 15) is 4.79 Å². The molecule has 3 aromatic carbocycles. The van der Waals surface area contributed by atoms with Gasteiger partial charge in [-0.25, -0.2) is 0 Å². The average Bonchev–Trinajstić information content (AvgIpc) is 2.99. The fourth-order valence-corrected chi connectivity index (χ4v) is 4.78. The van der Waals surface area contributed by atoms with E-state index in [-0.39, 0.29) is 25.0 Å². The Balaban J connectivity index is 1.74. The number of carbonyl (C=O) groups is 1. The standard InChI is InChI=1S/C32H34BClN4O3/c1-5-22-16-24-8-13-28(40-4)17-29(24)32(23-6-11-26(34)12-7-23)36-30(21(3)38-37-20(22)2)18-31(39)35-19-41-27-14-9-25(33)10-15-27/h6-15,17,22,32H,5,16,18-19H2,1-4H3,(H,35,39)/b36-30?,37-20+,38-21-. The predicted octanol–water partition coefficient (Wildman–Crippen LogP) is 5.63. The number of rotatable bonds is 8. The number of halogens is 1. The molecule has 9 heteroatoms. The highest BCUT2D eigenvalue weighted by Gasteiger charge is 2.24. The number of aliphatic imine (C=N–C) groups is 1. The smallest absolute Gasteiger partial charge is 0.228 e. The van der Waals surface area contributed by atoms with Crippen molar-refractivity contribution in [1.29, 1.82) is 0 Å². The summed E-state index contributed by atoms with van der Waals surface area (Å²) >= 11 is 6.24. The van der Waals surface area contributed by atoms with Crippen LogP contribution >= 0.6 is 11.6 Å². The molecule has 1 amide bonds. The number of ether oxygens (including phenoxy) is 2. The van der Waals surface area contributed by atoms with Crippen LogP contribution in [-0.4, -0.2) is 44.7 Å². The van der Waals surface area contributed by atoms with Crippen LogP contribution in [0.25, 0.3) is 0 Å². The lowest BCUT2D eigenvalue weighted by atomic mass is 9.87. The molecular formula is C32H34BClN4O3. The third-order valence-electron chi connectivity index (χ3n) is 7.16. The maximum atomic E-state index is 13.1. The Morgan fingerprint density at radius 3 is 2.41 bits per heavy atom. The van der Waals surface area contributed by atoms with E-state index in [1.165, 1.54) is 0 Å². The van der Waals surface area contributed by atoms with Gasteiger partial charge in [0.05, 0.1) is 25.0 Å². The fraction of sp³-hybridized carbons (Fsp3) is 0.312. The van der Waals surface area contributed by atoms with Crippen LogP contribution < -0.4 is 20.3 Å². The number of nitrogens with one attached hydrogen (secondary N) is 1. The molecule has 7 nitrogen and oxygen atoms in total. The molecule has 1 N–H and O–H groups in total. The second kappa shape index (κ2) is 14.1. The van der Waals surface area contributed by atoms with Gasteiger partial charge in [0.2, 0.25) is 5.91 Å². The van der Waals surface area contributed by atoms with Crippen LogP contribution in [-0.2, 0) is 11.2 Å². The van der Waals surface area contributed by atoms with Crippen molar-refractivity contribution in [3.05, 3.63) is 88.4 Å². The summed E-state index contributed by atoms with van der Waals surface area (Å²) in [6.07, 6.45) is 1.68. The number of benzene rings is 3. The first kappa shape index (κ1) is 30.1. The summed E-state index contributed by atoms with van der Waals surface area (Å²) in [5.74, 6) is 1.28. The van der Waals surface area contributed by atoms with Crippen LogP contribution in [0.2, 0.25) is 5.02 Å². The third kappa shape index (κ3) is 8.07. The number of nitrogens with zero attached hydrogens (tertiary/aromatic N) is 3. The molecule has 1 heterocycles. The maximum Gasteiger partial charge on any atom is 0.228 e. The van der Waals surface area contributed by atoms with Crippen molar-refractivity contribution in [2.24, 2.45) is 21.1 Å². The normalized spacial score (nSPS) is 19.8. The number of fused-ring (bicyclic) bond motifs is 1. The molecule has 210 valence electrons. The minimum atomic E-state index is -0.424. The Morgan fingerprint density at radius 1 is 1.02 bits per heavy atom. The quantitative estimate of drug-likeness (QED) is 0.282. The maximum absolute atomic E-state index is 13.1. The van der Waals surface area contributed by atoms with E-state index in [0.29, 0.717) is 27.7 Å². The predicted molar refractivity (Wildman–Crippen MR) is 168 cm³/mol. The fourth-order valence-electron chi connectivity index (χ4n) is 4.66. The first-order chi connectivity index (χ1) is 19.8. The number of amides is 1. The third-order valence-corrected chi connectivity index (χ3v) is 7.41. The minimum Gasteiger partial charge on any atom is -0.497 e. The highest BCUT2D eigenvalue weighted by molar-refractivity contribution is 6.44. The van der Waals surface area contributed by atoms with Crippen LogP contribution in [0.15, 0.2) is 81.9 Å². The lowest BCUT2D eigenvalue weighted by molar-refractivity contribution is -0.120. The Bertz CT molecular complexity index is 1450. The van der Waals surface area contributed by atoms with Crippen LogP contribution in [0, 0.1) is 5.92 Å². The number of methoxy groups -OCH3 is 1. The molecule has 0 bridgehead atoms. The molecule has 1 aliphatic rings. The Kier molecular flexibility index (Phi) is 10.4. The number of carbonyl (C=O) groups excluding carboxylic acids is 1. The summed E-state index contributed by atoms with van der Waals surface area (Å²) in [6, 6.07) is 20.3. The number of hydrogen-bond acceptors (Lipinski definition) is 6. The molecule has 2 radical (unpaired) electrons. The van der Waals surface area contributed by atoms with E-state index in [2.05, 4.69) is 28.5 Å². The lowest BCUT2D eigenvalue weighted by Gasteiger charge is -2.22. The molecule has 0 saturated heterocycles. The van der Waals surface area contributed by atoms with E-state index in [0.717, 1.165) is 41.0 Å². The van der Waals surface area contributed by atoms with Gasteiger partial charge in [0.25, 0.3) is 0 Å². The Morgan fingerprint density at radius 2 is 1.73 bits per heavy atom. The summed E-state index contributed by atoms with van der Waals surface area (Å²) in [5, 5.41) is 12.5. The van der Waals surface area contributed by atoms with Crippen molar-refractivity contribution in [3.63, 3.8) is 0 Å². The largest absolute Gasteiger partial charge is 0.497 e. The zero-order valence-electron chi connectivity index (χ0n) is 23.9. The lowest BCUT2D eigenvalue weighted by Crippen LogP contribution is -2.31. The number of hydrogen-bond donors (Lipinski definition) is 1. The van der Waals surface area contributed by atoms with Gasteiger partial charge in [-0.1, -0.05) is 54.3 Å². The van der Waals surface area contributed by atoms with Crippen LogP contribution in [0.5, 0.6) is 11.5 Å². The van der Waals surface area contributed by atoms with Crippen molar-refractivity contribution in [2.45, 2.75) is 46.1 Å². The Hall–Kier alpha value is -3.91. The molecule has 2 unspecified atom stereocenters. The van der Waals surface area contributed by atoms with E-state index in [1.807, 2.05) is 50.2 Å². The monoisotopic (exact) mass is 568 g/mol. The molecule has 2 atom stereocenters. The summed E-state index contributed by atoms with van der Waals surface area (Å²) in [4.78, 5) is 18.3. The van der Waals surface area contributed by atoms with Gasteiger partial charge < -0.3 is 14.8 Å². The Labute approximate surface area is 248 Å². The van der Waals surface area contributed by atoms with Gasteiger partial charge >= 0.3 is 0 Å². The van der Waals surface area contributed by atoms with Gasteiger partial charge in [-0.15, -0.1) is 0 Å². The molecule has 1 aliphatic heterocycles. The molecule has 0 fully saturated rings. The van der Waals surface area contributed by atoms with Crippen LogP contribution in [0.1, 0.15) is 56.3 Å². The minimum absolute atomic E-state index is 0.00229. The van der Waals surface area contributed by atoms with Crippen LogP contribution in [0.3, 0.4) is 0 Å². The van der Waals surface area contributed by atoms with Gasteiger partial charge in [-0.3, -0.25) is 9.79 Å². The first-order valence-electron chi connectivity index (χ1n) is 13.6. The van der Waals surface area contributed by atoms with Crippen LogP contribution in [0.4, 0.5) is 0 Å². The SMILES string of the molecule is [B]c1ccc(OCNC(=O)CC2=NC(c3ccc(Cl)cc3)c3cc(OC)ccc3CC(CC)/C(C)=N/N=C\2C)cc1. The van der Waals surface area contributed by atoms with Crippen molar-refractivity contribution >= 4 is 48.0 Å². The summed E-state index contributed by atoms with van der Waals surface area (Å²) in [7, 11) is 7.38. The second-order valence-corrected chi connectivity index (χ2v) is 10.4. The van der Waals surface area contributed by atoms with Crippen molar-refractivity contribution in [3.8, 4) is 11.5 Å². The first-order valence-corrected chi connectivity index (χ1v) is 14.0. The van der Waals surface area contributed by atoms with E-state index in [1.54, 1.807) is 31.4 Å². The molecular weight excluding hydrogens is 535 g/mol.